The lowest BCUT2D eigenvalue weighted by Gasteiger charge is -2.03. The number of rotatable bonds is 1. The highest BCUT2D eigenvalue weighted by molar-refractivity contribution is 5.88. The van der Waals surface area contributed by atoms with Crippen molar-refractivity contribution in [2.24, 2.45) is 14.1 Å². The summed E-state index contributed by atoms with van der Waals surface area (Å²) >= 11 is 0. The van der Waals surface area contributed by atoms with E-state index in [9.17, 15) is 9.90 Å². The van der Waals surface area contributed by atoms with Crippen LogP contribution in [0.3, 0.4) is 0 Å². The molecule has 1 aromatic carbocycles. The molecule has 2 heterocycles. The fourth-order valence-corrected chi connectivity index (χ4v) is 2.41. The van der Waals surface area contributed by atoms with Gasteiger partial charge in [0.15, 0.2) is 5.39 Å². The van der Waals surface area contributed by atoms with E-state index in [1.807, 2.05) is 36.4 Å². The first-order valence-electron chi connectivity index (χ1n) is 6.29. The molecule has 0 aliphatic heterocycles. The van der Waals surface area contributed by atoms with E-state index < -0.39 is 0 Å². The van der Waals surface area contributed by atoms with Crippen molar-refractivity contribution in [3.63, 3.8) is 0 Å². The van der Waals surface area contributed by atoms with Gasteiger partial charge in [-0.25, -0.2) is 9.78 Å². The Morgan fingerprint density at radius 2 is 1.90 bits per heavy atom. The van der Waals surface area contributed by atoms with Crippen molar-refractivity contribution in [2.75, 3.05) is 0 Å². The molecule has 2 aromatic heterocycles. The maximum atomic E-state index is 12.5. The van der Waals surface area contributed by atoms with Gasteiger partial charge in [-0.2, -0.15) is 0 Å². The second kappa shape index (κ2) is 4.45. The molecule has 0 amide bonds. The Labute approximate surface area is 115 Å². The molecule has 5 nitrogen and oxygen atoms in total. The maximum absolute atomic E-state index is 12.5. The van der Waals surface area contributed by atoms with Crippen molar-refractivity contribution < 1.29 is 14.7 Å². The smallest absolute Gasteiger partial charge is 0.434 e. The zero-order valence-corrected chi connectivity index (χ0v) is 11.3. The summed E-state index contributed by atoms with van der Waals surface area (Å²) in [5.41, 5.74) is 2.17. The molecule has 2 N–H and O–H groups in total. The average molecular weight is 269 g/mol. The van der Waals surface area contributed by atoms with Crippen molar-refractivity contribution in [2.45, 2.75) is 0 Å². The number of hydrogen-bond acceptors (Lipinski definition) is 2. The summed E-state index contributed by atoms with van der Waals surface area (Å²) in [7, 11) is 3.27. The molecule has 0 saturated carbocycles. The molecule has 20 heavy (non-hydrogen) atoms. The van der Waals surface area contributed by atoms with Crippen LogP contribution in [0.4, 0.5) is 0 Å². The van der Waals surface area contributed by atoms with Gasteiger partial charge in [0.1, 0.15) is 20.3 Å². The molecule has 0 saturated heterocycles. The van der Waals surface area contributed by atoms with E-state index in [1.165, 1.54) is 4.57 Å². The third-order valence-corrected chi connectivity index (χ3v) is 3.51. The fourth-order valence-electron chi connectivity index (χ4n) is 2.41. The molecule has 0 aliphatic rings. The topological polar surface area (TPSA) is 60.2 Å². The number of benzene rings is 1. The van der Waals surface area contributed by atoms with E-state index in [-0.39, 0.29) is 11.6 Å². The van der Waals surface area contributed by atoms with Crippen LogP contribution in [-0.4, -0.2) is 9.67 Å². The Morgan fingerprint density at radius 1 is 1.20 bits per heavy atom. The predicted octanol–water partition coefficient (Wildman–Crippen LogP) is 0.550. The molecular weight excluding hydrogens is 254 g/mol. The first-order chi connectivity index (χ1) is 9.61. The second-order valence-corrected chi connectivity index (χ2v) is 4.70. The van der Waals surface area contributed by atoms with Gasteiger partial charge in [0.05, 0.1) is 0 Å². The highest BCUT2D eigenvalue weighted by Gasteiger charge is 2.26. The van der Waals surface area contributed by atoms with Gasteiger partial charge in [-0.05, 0) is 11.6 Å². The minimum Gasteiger partial charge on any atom is -0.434 e. The number of pyridine rings is 1. The summed E-state index contributed by atoms with van der Waals surface area (Å²) < 4.78 is 2.80. The van der Waals surface area contributed by atoms with Crippen LogP contribution in [0.25, 0.3) is 22.2 Å². The Morgan fingerprint density at radius 3 is 2.60 bits per heavy atom. The number of H-pyrrole nitrogens is 1. The van der Waals surface area contributed by atoms with Crippen LogP contribution in [0.5, 0.6) is 6.01 Å². The Bertz CT molecular complexity index is 854. The molecule has 0 fully saturated rings. The third kappa shape index (κ3) is 1.67. The number of nitrogens with zero attached hydrogens (tertiary/aromatic N) is 2. The summed E-state index contributed by atoms with van der Waals surface area (Å²) in [6.45, 7) is 0. The summed E-state index contributed by atoms with van der Waals surface area (Å²) in [6.07, 6.45) is 1.77. The predicted molar refractivity (Wildman–Crippen MR) is 74.0 cm³/mol. The van der Waals surface area contributed by atoms with Crippen LogP contribution in [0.1, 0.15) is 0 Å². The molecule has 0 aliphatic carbocycles. The van der Waals surface area contributed by atoms with Crippen LogP contribution in [0.15, 0.2) is 47.4 Å². The number of aromatic amines is 1. The summed E-state index contributed by atoms with van der Waals surface area (Å²) in [5, 5.41) is 10.5. The van der Waals surface area contributed by atoms with E-state index in [4.69, 9.17) is 0 Å². The lowest BCUT2D eigenvalue weighted by Crippen LogP contribution is -2.41. The lowest BCUT2D eigenvalue weighted by molar-refractivity contribution is -0.692. The summed E-state index contributed by atoms with van der Waals surface area (Å²) in [5.74, 6) is 0. The zero-order valence-electron chi connectivity index (χ0n) is 11.3. The monoisotopic (exact) mass is 269 g/mol. The number of nitrogens with one attached hydrogen (secondary N) is 1. The van der Waals surface area contributed by atoms with E-state index in [2.05, 4.69) is 4.98 Å². The third-order valence-electron chi connectivity index (χ3n) is 3.51. The highest BCUT2D eigenvalue weighted by Crippen LogP contribution is 2.22. The highest BCUT2D eigenvalue weighted by atomic mass is 16.3. The molecule has 3 rings (SSSR count). The van der Waals surface area contributed by atoms with Gasteiger partial charge in [0, 0.05) is 5.56 Å². The van der Waals surface area contributed by atoms with Gasteiger partial charge in [0.25, 0.3) is 0 Å². The SMILES string of the molecule is Cn1c(O)[n+](C)c2[nH+]ccc(-c3ccccc3)c2c1=O. The van der Waals surface area contributed by atoms with Crippen molar-refractivity contribution in [1.82, 2.24) is 4.57 Å². The molecular formula is C15H15N3O2+2. The van der Waals surface area contributed by atoms with Crippen LogP contribution in [0, 0.1) is 0 Å². The van der Waals surface area contributed by atoms with Gasteiger partial charge >= 0.3 is 17.2 Å². The standard InChI is InChI=1S/C15H13N3O2/c1-17-13-12(14(19)18(2)15(17)20)11(8-9-16-13)10-6-4-3-5-7-10/h3-9H,1-2H3/p+2. The van der Waals surface area contributed by atoms with Crippen molar-refractivity contribution >= 4 is 11.0 Å². The average Bonchev–Trinajstić information content (AvgIpc) is 2.51. The molecule has 0 bridgehead atoms. The number of aromatic nitrogens is 3. The van der Waals surface area contributed by atoms with E-state index >= 15 is 0 Å². The van der Waals surface area contributed by atoms with Crippen molar-refractivity contribution in [3.8, 4) is 17.1 Å². The second-order valence-electron chi connectivity index (χ2n) is 4.70. The molecule has 0 spiro atoms. The van der Waals surface area contributed by atoms with Crippen molar-refractivity contribution in [1.29, 1.82) is 0 Å². The molecule has 5 heteroatoms. The first kappa shape index (κ1) is 12.3. The number of hydrogen-bond donors (Lipinski definition) is 1. The molecule has 0 radical (unpaired) electrons. The Kier molecular flexibility index (Phi) is 2.75. The summed E-state index contributed by atoms with van der Waals surface area (Å²) in [4.78, 5) is 15.5. The molecule has 0 unspecified atom stereocenters. The minimum atomic E-state index is -0.230. The maximum Gasteiger partial charge on any atom is 0.519 e. The molecule has 0 atom stereocenters. The molecule has 100 valence electrons. The van der Waals surface area contributed by atoms with Gasteiger partial charge in [-0.3, -0.25) is 0 Å². The lowest BCUT2D eigenvalue weighted by atomic mass is 10.0. The van der Waals surface area contributed by atoms with Crippen LogP contribution >= 0.6 is 0 Å². The van der Waals surface area contributed by atoms with Gasteiger partial charge < -0.3 is 5.11 Å². The van der Waals surface area contributed by atoms with E-state index in [0.29, 0.717) is 11.0 Å². The van der Waals surface area contributed by atoms with Crippen LogP contribution in [-0.2, 0) is 14.1 Å². The van der Waals surface area contributed by atoms with Crippen LogP contribution < -0.4 is 15.1 Å². The van der Waals surface area contributed by atoms with E-state index in [0.717, 1.165) is 11.1 Å². The Hall–Kier alpha value is -2.69. The zero-order chi connectivity index (χ0) is 14.3. The largest absolute Gasteiger partial charge is 0.519 e. The minimum absolute atomic E-state index is 0.0936. The van der Waals surface area contributed by atoms with Crippen LogP contribution in [0.2, 0.25) is 0 Å². The fraction of sp³-hybridized carbons (Fsp3) is 0.133. The number of aromatic hydroxyl groups is 1. The van der Waals surface area contributed by atoms with Gasteiger partial charge in [-0.1, -0.05) is 30.3 Å². The normalized spacial score (nSPS) is 10.9. The quantitative estimate of drug-likeness (QED) is 0.656. The van der Waals surface area contributed by atoms with Gasteiger partial charge in [0.2, 0.25) is 0 Å². The Balaban J connectivity index is 2.51. The van der Waals surface area contributed by atoms with Gasteiger partial charge in [-0.15, -0.1) is 9.13 Å². The first-order valence-corrected chi connectivity index (χ1v) is 6.29. The number of aryl methyl sites for hydroxylation is 1. The van der Waals surface area contributed by atoms with Crippen molar-refractivity contribution in [3.05, 3.63) is 52.9 Å². The molecule has 3 aromatic rings. The number of fused-ring (bicyclic) bond motifs is 1. The van der Waals surface area contributed by atoms with E-state index in [1.54, 1.807) is 24.9 Å². The summed E-state index contributed by atoms with van der Waals surface area (Å²) in [6, 6.07) is 11.5.